The van der Waals surface area contributed by atoms with Gasteiger partial charge in [-0.15, -0.1) is 0 Å². The molecule has 2 rings (SSSR count). The summed E-state index contributed by atoms with van der Waals surface area (Å²) < 4.78 is 2.41. The Labute approximate surface area is 102 Å². The van der Waals surface area contributed by atoms with Crippen molar-refractivity contribution in [2.24, 2.45) is 0 Å². The topological polar surface area (TPSA) is 34.9 Å². The number of benzene rings is 1. The van der Waals surface area contributed by atoms with Crippen molar-refractivity contribution in [3.63, 3.8) is 0 Å². The van der Waals surface area contributed by atoms with Gasteiger partial charge >= 0.3 is 0 Å². The first-order chi connectivity index (χ1) is 7.70. The Balaban J connectivity index is 2.26. The summed E-state index contributed by atoms with van der Waals surface area (Å²) in [5.41, 5.74) is 2.92. The summed E-state index contributed by atoms with van der Waals surface area (Å²) in [6, 6.07) is 8.18. The van der Waals surface area contributed by atoms with Crippen molar-refractivity contribution < 1.29 is 4.79 Å². The van der Waals surface area contributed by atoms with Crippen LogP contribution in [-0.2, 0) is 6.54 Å². The molecule has 0 spiro atoms. The molecule has 0 aliphatic carbocycles. The summed E-state index contributed by atoms with van der Waals surface area (Å²) in [5.74, 6) is 0. The molecule has 0 amide bonds. The third kappa shape index (κ3) is 2.22. The average Bonchev–Trinajstić information content (AvgIpc) is 2.63. The number of halogens is 1. The van der Waals surface area contributed by atoms with Crippen LogP contribution in [0.15, 0.2) is 34.9 Å². The molecule has 1 heterocycles. The lowest BCUT2D eigenvalue weighted by atomic mass is 10.1. The fraction of sp³-hybridized carbons (Fsp3) is 0.167. The van der Waals surface area contributed by atoms with Crippen LogP contribution in [0.5, 0.6) is 0 Å². The standard InChI is InChI=1S/C12H11BrN2O/c1-9-2-4-10(5-3-9)7-15-12(8-16)11(13)6-14-15/h2-6,8H,7H2,1H3. The lowest BCUT2D eigenvalue weighted by Crippen LogP contribution is -2.05. The van der Waals surface area contributed by atoms with Gasteiger partial charge in [0.2, 0.25) is 0 Å². The Bertz CT molecular complexity index is 502. The number of aryl methyl sites for hydroxylation is 1. The van der Waals surface area contributed by atoms with Crippen molar-refractivity contribution in [1.29, 1.82) is 0 Å². The Morgan fingerprint density at radius 3 is 2.69 bits per heavy atom. The number of aldehydes is 1. The van der Waals surface area contributed by atoms with E-state index < -0.39 is 0 Å². The molecular weight excluding hydrogens is 268 g/mol. The zero-order valence-electron chi connectivity index (χ0n) is 8.85. The Kier molecular flexibility index (Phi) is 3.19. The van der Waals surface area contributed by atoms with Gasteiger partial charge in [0.05, 0.1) is 17.2 Å². The lowest BCUT2D eigenvalue weighted by molar-refractivity contribution is 0.111. The fourth-order valence-electron chi connectivity index (χ4n) is 1.48. The van der Waals surface area contributed by atoms with E-state index in [0.29, 0.717) is 12.2 Å². The summed E-state index contributed by atoms with van der Waals surface area (Å²) >= 11 is 3.29. The van der Waals surface area contributed by atoms with Gasteiger partial charge in [0.25, 0.3) is 0 Å². The molecule has 3 nitrogen and oxygen atoms in total. The van der Waals surface area contributed by atoms with Gasteiger partial charge in [0.1, 0.15) is 5.69 Å². The van der Waals surface area contributed by atoms with Crippen LogP contribution >= 0.6 is 15.9 Å². The number of carbonyl (C=O) groups excluding carboxylic acids is 1. The van der Waals surface area contributed by atoms with Gasteiger partial charge in [-0.05, 0) is 28.4 Å². The van der Waals surface area contributed by atoms with Crippen molar-refractivity contribution in [3.05, 3.63) is 51.8 Å². The first-order valence-corrected chi connectivity index (χ1v) is 5.72. The van der Waals surface area contributed by atoms with E-state index in [9.17, 15) is 4.79 Å². The summed E-state index contributed by atoms with van der Waals surface area (Å²) in [7, 11) is 0. The van der Waals surface area contributed by atoms with E-state index in [1.165, 1.54) is 5.56 Å². The molecule has 16 heavy (non-hydrogen) atoms. The maximum atomic E-state index is 10.9. The predicted molar refractivity (Wildman–Crippen MR) is 65.6 cm³/mol. The number of aromatic nitrogens is 2. The second-order valence-corrected chi connectivity index (χ2v) is 4.49. The van der Waals surface area contributed by atoms with Gasteiger partial charge in [0.15, 0.2) is 6.29 Å². The number of hydrogen-bond acceptors (Lipinski definition) is 2. The van der Waals surface area contributed by atoms with Crippen molar-refractivity contribution in [2.75, 3.05) is 0 Å². The zero-order valence-corrected chi connectivity index (χ0v) is 10.4. The van der Waals surface area contributed by atoms with Crippen molar-refractivity contribution in [3.8, 4) is 0 Å². The summed E-state index contributed by atoms with van der Waals surface area (Å²) in [5, 5.41) is 4.14. The lowest BCUT2D eigenvalue weighted by Gasteiger charge is -2.04. The highest BCUT2D eigenvalue weighted by Gasteiger charge is 2.07. The van der Waals surface area contributed by atoms with Crippen LogP contribution in [0, 0.1) is 6.92 Å². The molecule has 0 aliphatic rings. The quantitative estimate of drug-likeness (QED) is 0.810. The molecule has 4 heteroatoms. The molecule has 0 aliphatic heterocycles. The van der Waals surface area contributed by atoms with Crippen LogP contribution < -0.4 is 0 Å². The smallest absolute Gasteiger partial charge is 0.169 e. The maximum Gasteiger partial charge on any atom is 0.169 e. The van der Waals surface area contributed by atoms with Gasteiger partial charge in [-0.1, -0.05) is 29.8 Å². The Hall–Kier alpha value is -1.42. The molecule has 1 aromatic heterocycles. The highest BCUT2D eigenvalue weighted by atomic mass is 79.9. The highest BCUT2D eigenvalue weighted by molar-refractivity contribution is 9.10. The van der Waals surface area contributed by atoms with Crippen molar-refractivity contribution in [1.82, 2.24) is 9.78 Å². The molecule has 0 saturated heterocycles. The summed E-state index contributed by atoms with van der Waals surface area (Å²) in [4.78, 5) is 10.9. The first-order valence-electron chi connectivity index (χ1n) is 4.92. The van der Waals surface area contributed by atoms with Crippen LogP contribution in [0.2, 0.25) is 0 Å². The van der Waals surface area contributed by atoms with Crippen LogP contribution in [0.4, 0.5) is 0 Å². The Morgan fingerprint density at radius 1 is 1.38 bits per heavy atom. The van der Waals surface area contributed by atoms with Crippen LogP contribution in [0.3, 0.4) is 0 Å². The molecule has 1 aromatic carbocycles. The van der Waals surface area contributed by atoms with E-state index in [1.54, 1.807) is 10.9 Å². The normalized spacial score (nSPS) is 10.4. The van der Waals surface area contributed by atoms with Crippen molar-refractivity contribution >= 4 is 22.2 Å². The Morgan fingerprint density at radius 2 is 2.06 bits per heavy atom. The SMILES string of the molecule is Cc1ccc(Cn2ncc(Br)c2C=O)cc1. The molecule has 0 atom stereocenters. The molecule has 0 N–H and O–H groups in total. The van der Waals surface area contributed by atoms with E-state index in [2.05, 4.69) is 33.2 Å². The molecule has 2 aromatic rings. The van der Waals surface area contributed by atoms with E-state index in [4.69, 9.17) is 0 Å². The monoisotopic (exact) mass is 278 g/mol. The minimum Gasteiger partial charge on any atom is -0.296 e. The van der Waals surface area contributed by atoms with Gasteiger partial charge in [-0.25, -0.2) is 0 Å². The highest BCUT2D eigenvalue weighted by Crippen LogP contribution is 2.15. The zero-order chi connectivity index (χ0) is 11.5. The van der Waals surface area contributed by atoms with Gasteiger partial charge in [0, 0.05) is 0 Å². The second-order valence-electron chi connectivity index (χ2n) is 3.64. The number of nitrogens with zero attached hydrogens (tertiary/aromatic N) is 2. The molecule has 82 valence electrons. The van der Waals surface area contributed by atoms with Crippen LogP contribution in [-0.4, -0.2) is 16.1 Å². The van der Waals surface area contributed by atoms with Gasteiger partial charge in [-0.2, -0.15) is 5.10 Å². The first kappa shape index (κ1) is 11.1. The fourth-order valence-corrected chi connectivity index (χ4v) is 1.87. The maximum absolute atomic E-state index is 10.9. The van der Waals surface area contributed by atoms with Gasteiger partial charge < -0.3 is 0 Å². The third-order valence-corrected chi connectivity index (χ3v) is 3.01. The van der Waals surface area contributed by atoms with E-state index in [0.717, 1.165) is 16.3 Å². The van der Waals surface area contributed by atoms with E-state index >= 15 is 0 Å². The average molecular weight is 279 g/mol. The summed E-state index contributed by atoms with van der Waals surface area (Å²) in [6.07, 6.45) is 2.45. The minimum absolute atomic E-state index is 0.570. The minimum atomic E-state index is 0.570. The molecule has 0 unspecified atom stereocenters. The summed E-state index contributed by atoms with van der Waals surface area (Å²) in [6.45, 7) is 2.66. The van der Waals surface area contributed by atoms with E-state index in [1.807, 2.05) is 19.1 Å². The second kappa shape index (κ2) is 4.61. The largest absolute Gasteiger partial charge is 0.296 e. The van der Waals surface area contributed by atoms with Crippen LogP contribution in [0.25, 0.3) is 0 Å². The molecule has 0 fully saturated rings. The molecule has 0 saturated carbocycles. The number of hydrogen-bond donors (Lipinski definition) is 0. The number of rotatable bonds is 3. The van der Waals surface area contributed by atoms with Gasteiger partial charge in [-0.3, -0.25) is 9.48 Å². The predicted octanol–water partition coefficient (Wildman–Crippen LogP) is 2.81. The van der Waals surface area contributed by atoms with Crippen LogP contribution in [0.1, 0.15) is 21.6 Å². The molecule has 0 radical (unpaired) electrons. The molecule has 0 bridgehead atoms. The van der Waals surface area contributed by atoms with Crippen molar-refractivity contribution in [2.45, 2.75) is 13.5 Å². The molecular formula is C12H11BrN2O. The number of carbonyl (C=O) groups is 1. The third-order valence-electron chi connectivity index (χ3n) is 2.40. The van der Waals surface area contributed by atoms with E-state index in [-0.39, 0.29) is 0 Å².